The Kier molecular flexibility index (Phi) is 3.84. The quantitative estimate of drug-likeness (QED) is 0.547. The lowest BCUT2D eigenvalue weighted by atomic mass is 10.2. The fraction of sp³-hybridized carbons (Fsp3) is 0.0588. The van der Waals surface area contributed by atoms with Gasteiger partial charge in [0, 0.05) is 12.1 Å². The Morgan fingerprint density at radius 1 is 0.958 bits per heavy atom. The maximum Gasteiger partial charge on any atom is 0.461 e. The van der Waals surface area contributed by atoms with Gasteiger partial charge in [0.1, 0.15) is 5.95 Å². The Morgan fingerprint density at radius 3 is 2.04 bits per heavy atom. The van der Waals surface area contributed by atoms with Crippen LogP contribution in [0.2, 0.25) is 0 Å². The third kappa shape index (κ3) is 2.76. The fourth-order valence-electron chi connectivity index (χ4n) is 2.30. The second-order valence-electron chi connectivity index (χ2n) is 4.91. The third-order valence-corrected chi connectivity index (χ3v) is 3.32. The second kappa shape index (κ2) is 5.84. The van der Waals surface area contributed by atoms with E-state index in [9.17, 15) is 23.1 Å². The van der Waals surface area contributed by atoms with E-state index in [0.717, 1.165) is 4.57 Å². The summed E-state index contributed by atoms with van der Waals surface area (Å²) in [5.74, 6) is -3.72. The maximum atomic E-state index is 12.9. The molecular weight excluding hydrogens is 323 g/mol. The Bertz CT molecular complexity index is 871. The number of carbonyl (C=O) groups excluding carboxylic acids is 1. The standard InChI is InChI=1S/C17H10F3NO3/c18-17(19,20)14(22)13-16(23)24-15(11-7-3-1-4-8-11)21(13)12-9-5-2-6-10-12/h1-10H. The number of hydrogen-bond donors (Lipinski definition) is 0. The van der Waals surface area contributed by atoms with Crippen molar-refractivity contribution in [2.24, 2.45) is 0 Å². The molecule has 0 bridgehead atoms. The normalized spacial score (nSPS) is 11.5. The van der Waals surface area contributed by atoms with Crippen LogP contribution in [0.15, 0.2) is 65.1 Å². The molecule has 0 amide bonds. The second-order valence-corrected chi connectivity index (χ2v) is 4.91. The lowest BCUT2D eigenvalue weighted by Crippen LogP contribution is -2.41. The number of carbonyl (C=O) groups is 1. The highest BCUT2D eigenvalue weighted by atomic mass is 19.4. The van der Waals surface area contributed by atoms with E-state index in [1.54, 1.807) is 48.5 Å². The van der Waals surface area contributed by atoms with Crippen molar-refractivity contribution in [3.05, 3.63) is 66.4 Å². The third-order valence-electron chi connectivity index (χ3n) is 3.32. The molecule has 122 valence electrons. The van der Waals surface area contributed by atoms with Crippen LogP contribution < -0.4 is 9.67 Å². The van der Waals surface area contributed by atoms with E-state index in [1.165, 1.54) is 12.1 Å². The summed E-state index contributed by atoms with van der Waals surface area (Å²) < 4.78 is 44.5. The molecule has 0 aliphatic heterocycles. The van der Waals surface area contributed by atoms with Crippen LogP contribution in [0.25, 0.3) is 17.1 Å². The predicted octanol–water partition coefficient (Wildman–Crippen LogP) is 3.04. The van der Waals surface area contributed by atoms with Gasteiger partial charge in [0.25, 0.3) is 11.6 Å². The molecule has 0 unspecified atom stereocenters. The number of oxazole rings is 1. The van der Waals surface area contributed by atoms with Gasteiger partial charge in [0.15, 0.2) is 0 Å². The first-order valence-corrected chi connectivity index (χ1v) is 6.88. The molecule has 0 aliphatic rings. The highest BCUT2D eigenvalue weighted by Crippen LogP contribution is 2.29. The zero-order valence-corrected chi connectivity index (χ0v) is 12.1. The first-order valence-electron chi connectivity index (χ1n) is 6.88. The van der Waals surface area contributed by atoms with Gasteiger partial charge in [0.2, 0.25) is 5.69 Å². The number of alkyl halides is 3. The van der Waals surface area contributed by atoms with E-state index in [0.29, 0.717) is 5.56 Å². The summed E-state index contributed by atoms with van der Waals surface area (Å²) in [5.41, 5.74) is -0.484. The zero-order valence-electron chi connectivity index (χ0n) is 12.1. The highest BCUT2D eigenvalue weighted by molar-refractivity contribution is 5.99. The lowest BCUT2D eigenvalue weighted by molar-refractivity contribution is -0.590. The number of nitrogens with zero attached hydrogens (tertiary/aromatic N) is 1. The van der Waals surface area contributed by atoms with E-state index in [-0.39, 0.29) is 11.6 Å². The number of aromatic nitrogens is 1. The van der Waals surface area contributed by atoms with E-state index in [4.69, 9.17) is 4.42 Å². The minimum Gasteiger partial charge on any atom is -0.540 e. The molecule has 3 rings (SSSR count). The van der Waals surface area contributed by atoms with Crippen molar-refractivity contribution in [1.29, 1.82) is 0 Å². The van der Waals surface area contributed by atoms with Gasteiger partial charge in [-0.15, -0.1) is 4.57 Å². The van der Waals surface area contributed by atoms with Gasteiger partial charge in [-0.05, 0) is 12.1 Å². The smallest absolute Gasteiger partial charge is 0.461 e. The molecule has 0 fully saturated rings. The molecule has 0 aliphatic carbocycles. The molecule has 7 heteroatoms. The minimum absolute atomic E-state index is 0.139. The van der Waals surface area contributed by atoms with Crippen LogP contribution in [0.5, 0.6) is 5.95 Å². The molecule has 4 nitrogen and oxygen atoms in total. The molecule has 0 N–H and O–H groups in total. The highest BCUT2D eigenvalue weighted by Gasteiger charge is 2.47. The summed E-state index contributed by atoms with van der Waals surface area (Å²) in [4.78, 5) is 11.7. The van der Waals surface area contributed by atoms with Gasteiger partial charge >= 0.3 is 12.0 Å². The predicted molar refractivity (Wildman–Crippen MR) is 75.5 cm³/mol. The van der Waals surface area contributed by atoms with Crippen molar-refractivity contribution in [1.82, 2.24) is 0 Å². The molecule has 2 aromatic carbocycles. The van der Waals surface area contributed by atoms with Crippen molar-refractivity contribution in [2.75, 3.05) is 0 Å². The molecule has 0 atom stereocenters. The average molecular weight is 333 g/mol. The summed E-state index contributed by atoms with van der Waals surface area (Å²) in [6.45, 7) is 0. The average Bonchev–Trinajstić information content (AvgIpc) is 2.92. The van der Waals surface area contributed by atoms with Crippen LogP contribution in [0.1, 0.15) is 10.5 Å². The van der Waals surface area contributed by atoms with Gasteiger partial charge in [0.05, 0.1) is 5.56 Å². The van der Waals surface area contributed by atoms with E-state index in [2.05, 4.69) is 0 Å². The van der Waals surface area contributed by atoms with Crippen molar-refractivity contribution in [2.45, 2.75) is 6.18 Å². The molecular formula is C17H10F3NO3. The molecule has 1 heterocycles. The number of Topliss-reactive ketones (excluding diaryl/α,β-unsaturated/α-hetero) is 1. The van der Waals surface area contributed by atoms with Crippen molar-refractivity contribution in [3.63, 3.8) is 0 Å². The fourth-order valence-corrected chi connectivity index (χ4v) is 2.30. The Labute approximate surface area is 134 Å². The number of rotatable bonds is 3. The Balaban J connectivity index is 2.31. The van der Waals surface area contributed by atoms with Crippen molar-refractivity contribution >= 4 is 5.78 Å². The summed E-state index contributed by atoms with van der Waals surface area (Å²) in [6, 6.07) is 15.9. The van der Waals surface area contributed by atoms with Crippen LogP contribution in [0, 0.1) is 0 Å². The number of ketones is 1. The van der Waals surface area contributed by atoms with Crippen LogP contribution >= 0.6 is 0 Å². The summed E-state index contributed by atoms with van der Waals surface area (Å²) >= 11 is 0. The van der Waals surface area contributed by atoms with Gasteiger partial charge < -0.3 is 9.52 Å². The Hall–Kier alpha value is -3.09. The van der Waals surface area contributed by atoms with Crippen LogP contribution in [-0.2, 0) is 0 Å². The molecule has 0 spiro atoms. The minimum atomic E-state index is -5.19. The Morgan fingerprint density at radius 2 is 1.50 bits per heavy atom. The molecule has 24 heavy (non-hydrogen) atoms. The van der Waals surface area contributed by atoms with Gasteiger partial charge in [-0.25, -0.2) is 0 Å². The van der Waals surface area contributed by atoms with Crippen LogP contribution in [0.4, 0.5) is 13.2 Å². The largest absolute Gasteiger partial charge is 0.540 e. The zero-order chi connectivity index (χ0) is 17.3. The summed E-state index contributed by atoms with van der Waals surface area (Å²) in [5, 5.41) is 12.0. The molecule has 0 radical (unpaired) electrons. The van der Waals surface area contributed by atoms with Crippen molar-refractivity contribution in [3.8, 4) is 23.1 Å². The van der Waals surface area contributed by atoms with E-state index >= 15 is 0 Å². The number of hydrogen-bond acceptors (Lipinski definition) is 3. The van der Waals surface area contributed by atoms with Gasteiger partial charge in [-0.3, -0.25) is 4.79 Å². The van der Waals surface area contributed by atoms with Crippen molar-refractivity contribution < 1.29 is 32.1 Å². The van der Waals surface area contributed by atoms with E-state index in [1.807, 2.05) is 0 Å². The summed E-state index contributed by atoms with van der Waals surface area (Å²) in [7, 11) is 0. The molecule has 0 saturated carbocycles. The number of para-hydroxylation sites is 1. The van der Waals surface area contributed by atoms with Crippen LogP contribution in [-0.4, -0.2) is 12.0 Å². The van der Waals surface area contributed by atoms with Crippen LogP contribution in [0.3, 0.4) is 0 Å². The first-order chi connectivity index (χ1) is 11.4. The molecule has 0 saturated heterocycles. The topological polar surface area (TPSA) is 57.1 Å². The number of benzene rings is 2. The molecule has 1 aromatic heterocycles. The lowest BCUT2D eigenvalue weighted by Gasteiger charge is -2.05. The maximum absolute atomic E-state index is 12.9. The first kappa shape index (κ1) is 15.8. The number of halogens is 3. The summed E-state index contributed by atoms with van der Waals surface area (Å²) in [6.07, 6.45) is -5.19. The van der Waals surface area contributed by atoms with Gasteiger partial charge in [-0.2, -0.15) is 13.2 Å². The van der Waals surface area contributed by atoms with E-state index < -0.39 is 23.6 Å². The SMILES string of the molecule is O=C(c1c([O-])oc(-c2ccccc2)[n+]1-c1ccccc1)C(F)(F)F. The molecule has 3 aromatic rings. The monoisotopic (exact) mass is 333 g/mol. The van der Waals surface area contributed by atoms with Gasteiger partial charge in [-0.1, -0.05) is 36.4 Å².